The number of hydrogen-bond donors (Lipinski definition) is 0. The van der Waals surface area contributed by atoms with Crippen molar-refractivity contribution in [2.24, 2.45) is 0 Å². The third-order valence-corrected chi connectivity index (χ3v) is 5.74. The number of sulfonamides is 1. The average molecular weight is 336 g/mol. The fourth-order valence-corrected chi connectivity index (χ4v) is 3.78. The molecule has 5 nitrogen and oxygen atoms in total. The quantitative estimate of drug-likeness (QED) is 0.860. The van der Waals surface area contributed by atoms with Crippen LogP contribution in [0, 0.1) is 11.3 Å². The van der Waals surface area contributed by atoms with Gasteiger partial charge in [-0.25, -0.2) is 13.4 Å². The smallest absolute Gasteiger partial charge is 0.244 e. The Balaban J connectivity index is 2.46. The Hall–Kier alpha value is -1.94. The van der Waals surface area contributed by atoms with Crippen LogP contribution in [-0.2, 0) is 10.0 Å². The summed E-state index contributed by atoms with van der Waals surface area (Å²) in [5, 5.41) is 9.54. The molecule has 7 heteroatoms. The van der Waals surface area contributed by atoms with Crippen molar-refractivity contribution in [3.63, 3.8) is 0 Å². The summed E-state index contributed by atoms with van der Waals surface area (Å²) in [5.74, 6) is 0. The molecule has 2 aromatic rings. The highest BCUT2D eigenvalue weighted by atomic mass is 35.5. The summed E-state index contributed by atoms with van der Waals surface area (Å²) >= 11 is 6.13. The Kier molecular flexibility index (Phi) is 4.81. The van der Waals surface area contributed by atoms with Crippen molar-refractivity contribution in [2.75, 3.05) is 7.05 Å². The van der Waals surface area contributed by atoms with Gasteiger partial charge in [0, 0.05) is 24.3 Å². The fraction of sp³-hybridized carbons (Fsp3) is 0.200. The molecule has 0 fully saturated rings. The Labute approximate surface area is 134 Å². The highest BCUT2D eigenvalue weighted by Crippen LogP contribution is 2.30. The standard InChI is InChI=1S/C15H14ClN3O2S/c1-11(12-6-3-4-7-13(12)16)19(2)22(20,21)15-8-5-9-18-14(15)10-17/h3-9,11H,1-2H3/t11-/m0/s1. The summed E-state index contributed by atoms with van der Waals surface area (Å²) in [7, 11) is -2.40. The maximum atomic E-state index is 12.7. The van der Waals surface area contributed by atoms with Crippen LogP contribution < -0.4 is 0 Å². The molecule has 0 aliphatic carbocycles. The van der Waals surface area contributed by atoms with E-state index in [1.54, 1.807) is 37.3 Å². The van der Waals surface area contributed by atoms with Crippen molar-refractivity contribution in [1.82, 2.24) is 9.29 Å². The lowest BCUT2D eigenvalue weighted by molar-refractivity contribution is 0.398. The second-order valence-electron chi connectivity index (χ2n) is 4.68. The summed E-state index contributed by atoms with van der Waals surface area (Å²) in [5.41, 5.74) is 0.568. The molecule has 0 amide bonds. The SMILES string of the molecule is C[C@@H](c1ccccc1Cl)N(C)S(=O)(=O)c1cccnc1C#N. The summed E-state index contributed by atoms with van der Waals surface area (Å²) in [6.45, 7) is 1.74. The molecular formula is C15H14ClN3O2S. The van der Waals surface area contributed by atoms with Gasteiger partial charge in [0.25, 0.3) is 0 Å². The van der Waals surface area contributed by atoms with Crippen LogP contribution in [0.4, 0.5) is 0 Å². The molecule has 0 saturated carbocycles. The van der Waals surface area contributed by atoms with Gasteiger partial charge in [-0.05, 0) is 30.7 Å². The lowest BCUT2D eigenvalue weighted by Gasteiger charge is -2.25. The average Bonchev–Trinajstić information content (AvgIpc) is 2.53. The summed E-state index contributed by atoms with van der Waals surface area (Å²) in [6, 6.07) is 11.2. The Morgan fingerprint density at radius 1 is 1.27 bits per heavy atom. The molecule has 0 spiro atoms. The predicted octanol–water partition coefficient (Wildman–Crippen LogP) is 2.99. The van der Waals surface area contributed by atoms with E-state index in [9.17, 15) is 8.42 Å². The van der Waals surface area contributed by atoms with E-state index >= 15 is 0 Å². The van der Waals surface area contributed by atoms with E-state index in [0.717, 1.165) is 0 Å². The first-order valence-corrected chi connectivity index (χ1v) is 8.29. The highest BCUT2D eigenvalue weighted by Gasteiger charge is 2.29. The minimum atomic E-state index is -3.86. The number of hydrogen-bond acceptors (Lipinski definition) is 4. The highest BCUT2D eigenvalue weighted by molar-refractivity contribution is 7.89. The molecular weight excluding hydrogens is 322 g/mol. The van der Waals surface area contributed by atoms with Gasteiger partial charge in [-0.3, -0.25) is 0 Å². The molecule has 22 heavy (non-hydrogen) atoms. The molecule has 0 aliphatic heterocycles. The van der Waals surface area contributed by atoms with Gasteiger partial charge < -0.3 is 0 Å². The van der Waals surface area contributed by atoms with Crippen molar-refractivity contribution < 1.29 is 8.42 Å². The third kappa shape index (κ3) is 2.97. The van der Waals surface area contributed by atoms with Crippen LogP contribution in [0.25, 0.3) is 0 Å². The number of benzene rings is 1. The van der Waals surface area contributed by atoms with Crippen LogP contribution in [0.15, 0.2) is 47.5 Å². The molecule has 2 rings (SSSR count). The van der Waals surface area contributed by atoms with Gasteiger partial charge in [0.1, 0.15) is 11.0 Å². The van der Waals surface area contributed by atoms with Crippen molar-refractivity contribution in [1.29, 1.82) is 5.26 Å². The lowest BCUT2D eigenvalue weighted by Crippen LogP contribution is -2.30. The first-order chi connectivity index (χ1) is 10.4. The molecule has 1 aromatic carbocycles. The van der Waals surface area contributed by atoms with E-state index in [4.69, 9.17) is 16.9 Å². The van der Waals surface area contributed by atoms with Crippen molar-refractivity contribution >= 4 is 21.6 Å². The van der Waals surface area contributed by atoms with Gasteiger partial charge in [0.05, 0.1) is 0 Å². The van der Waals surface area contributed by atoms with E-state index in [2.05, 4.69) is 4.98 Å². The number of nitrogens with zero attached hydrogens (tertiary/aromatic N) is 3. The maximum Gasteiger partial charge on any atom is 0.246 e. The van der Waals surface area contributed by atoms with Crippen LogP contribution in [-0.4, -0.2) is 24.8 Å². The van der Waals surface area contributed by atoms with Gasteiger partial charge >= 0.3 is 0 Å². The van der Waals surface area contributed by atoms with Crippen LogP contribution >= 0.6 is 11.6 Å². The molecule has 1 heterocycles. The molecule has 0 aliphatic rings. The second kappa shape index (κ2) is 6.44. The Morgan fingerprint density at radius 3 is 2.59 bits per heavy atom. The van der Waals surface area contributed by atoms with Crippen LogP contribution in [0.3, 0.4) is 0 Å². The largest absolute Gasteiger partial charge is 0.246 e. The minimum Gasteiger partial charge on any atom is -0.244 e. The third-order valence-electron chi connectivity index (χ3n) is 3.43. The van der Waals surface area contributed by atoms with Crippen molar-refractivity contribution in [3.8, 4) is 6.07 Å². The normalized spacial score (nSPS) is 12.9. The van der Waals surface area contributed by atoms with Crippen LogP contribution in [0.1, 0.15) is 24.2 Å². The van der Waals surface area contributed by atoms with Gasteiger partial charge in [-0.15, -0.1) is 0 Å². The molecule has 0 radical (unpaired) electrons. The first kappa shape index (κ1) is 16.4. The topological polar surface area (TPSA) is 74.1 Å². The number of aromatic nitrogens is 1. The van der Waals surface area contributed by atoms with E-state index in [-0.39, 0.29) is 10.6 Å². The van der Waals surface area contributed by atoms with Crippen LogP contribution in [0.2, 0.25) is 5.02 Å². The van der Waals surface area contributed by atoms with Gasteiger partial charge in [-0.1, -0.05) is 29.8 Å². The molecule has 1 aromatic heterocycles. The minimum absolute atomic E-state index is 0.112. The van der Waals surface area contributed by atoms with Gasteiger partial charge in [-0.2, -0.15) is 9.57 Å². The monoisotopic (exact) mass is 335 g/mol. The molecule has 114 valence electrons. The fourth-order valence-electron chi connectivity index (χ4n) is 2.06. The molecule has 0 N–H and O–H groups in total. The van der Waals surface area contributed by atoms with Crippen molar-refractivity contribution in [2.45, 2.75) is 17.9 Å². The number of rotatable bonds is 4. The molecule has 0 unspecified atom stereocenters. The zero-order valence-electron chi connectivity index (χ0n) is 12.1. The Morgan fingerprint density at radius 2 is 1.95 bits per heavy atom. The van der Waals surface area contributed by atoms with E-state index in [1.165, 1.54) is 29.7 Å². The van der Waals surface area contributed by atoms with E-state index < -0.39 is 16.1 Å². The van der Waals surface area contributed by atoms with Crippen LogP contribution in [0.5, 0.6) is 0 Å². The zero-order valence-corrected chi connectivity index (χ0v) is 13.6. The number of nitriles is 1. The van der Waals surface area contributed by atoms with E-state index in [0.29, 0.717) is 10.6 Å². The first-order valence-electron chi connectivity index (χ1n) is 6.47. The zero-order chi connectivity index (χ0) is 16.3. The maximum absolute atomic E-state index is 12.7. The molecule has 0 saturated heterocycles. The summed E-state index contributed by atoms with van der Waals surface area (Å²) in [4.78, 5) is 3.69. The van der Waals surface area contributed by atoms with E-state index in [1.807, 2.05) is 0 Å². The predicted molar refractivity (Wildman–Crippen MR) is 83.8 cm³/mol. The molecule has 1 atom stereocenters. The number of halogens is 1. The lowest BCUT2D eigenvalue weighted by atomic mass is 10.1. The van der Waals surface area contributed by atoms with Gasteiger partial charge in [0.15, 0.2) is 5.69 Å². The molecule has 0 bridgehead atoms. The number of pyridine rings is 1. The van der Waals surface area contributed by atoms with Gasteiger partial charge in [0.2, 0.25) is 10.0 Å². The Bertz CT molecular complexity index is 831. The second-order valence-corrected chi connectivity index (χ2v) is 7.05. The van der Waals surface area contributed by atoms with Crippen molar-refractivity contribution in [3.05, 3.63) is 58.9 Å². The summed E-state index contributed by atoms with van der Waals surface area (Å²) in [6.07, 6.45) is 1.38. The summed E-state index contributed by atoms with van der Waals surface area (Å²) < 4.78 is 26.6.